The van der Waals surface area contributed by atoms with Gasteiger partial charge in [0.25, 0.3) is 0 Å². The third-order valence-electron chi connectivity index (χ3n) is 2.43. The van der Waals surface area contributed by atoms with E-state index in [0.717, 1.165) is 25.3 Å². The highest BCUT2D eigenvalue weighted by Gasteiger charge is 2.28. The van der Waals surface area contributed by atoms with Gasteiger partial charge in [0.2, 0.25) is 0 Å². The summed E-state index contributed by atoms with van der Waals surface area (Å²) in [6.45, 7) is 5.13. The fourth-order valence-corrected chi connectivity index (χ4v) is 1.52. The van der Waals surface area contributed by atoms with Crippen LogP contribution in [0, 0.1) is 5.92 Å². The molecule has 0 aliphatic heterocycles. The third kappa shape index (κ3) is 15.7. The average Bonchev–Trinajstić information content (AvgIpc) is 2.18. The lowest BCUT2D eigenvalue weighted by Gasteiger charge is -2.08. The Labute approximate surface area is 102 Å². The molecule has 0 radical (unpaired) electrons. The molecule has 0 aromatic rings. The van der Waals surface area contributed by atoms with Gasteiger partial charge in [-0.1, -0.05) is 39.5 Å². The zero-order chi connectivity index (χ0) is 13.1. The Hall–Kier alpha value is -0.290. The molecule has 0 rings (SSSR count). The van der Waals surface area contributed by atoms with Gasteiger partial charge >= 0.3 is 6.36 Å². The maximum atomic E-state index is 11.6. The molecule has 0 aliphatic rings. The van der Waals surface area contributed by atoms with Crippen LogP contribution in [0.25, 0.3) is 0 Å². The average molecular weight is 255 g/mol. The molecule has 104 valence electrons. The zero-order valence-corrected chi connectivity index (χ0v) is 10.8. The maximum absolute atomic E-state index is 11.6. The summed E-state index contributed by atoms with van der Waals surface area (Å²) in [4.78, 5) is 0. The van der Waals surface area contributed by atoms with Gasteiger partial charge in [0.05, 0.1) is 6.61 Å². The molecule has 0 bridgehead atoms. The van der Waals surface area contributed by atoms with Crippen molar-refractivity contribution in [3.8, 4) is 0 Å². The van der Waals surface area contributed by atoms with Crippen molar-refractivity contribution < 1.29 is 17.9 Å². The molecule has 0 fully saturated rings. The Morgan fingerprint density at radius 2 is 1.65 bits per heavy atom. The van der Waals surface area contributed by atoms with E-state index in [9.17, 15) is 13.2 Å². The quantitative estimate of drug-likeness (QED) is 0.601. The van der Waals surface area contributed by atoms with E-state index >= 15 is 0 Å². The van der Waals surface area contributed by atoms with Crippen LogP contribution in [-0.4, -0.2) is 26.1 Å². The molecular formula is C12H24F3NO. The number of halogens is 3. The van der Waals surface area contributed by atoms with Gasteiger partial charge in [-0.2, -0.15) is 0 Å². The Morgan fingerprint density at radius 3 is 2.24 bits per heavy atom. The van der Waals surface area contributed by atoms with Gasteiger partial charge < -0.3 is 5.32 Å². The van der Waals surface area contributed by atoms with Crippen LogP contribution >= 0.6 is 0 Å². The van der Waals surface area contributed by atoms with Crippen molar-refractivity contribution in [1.82, 2.24) is 5.32 Å². The normalized spacial score (nSPS) is 12.4. The van der Waals surface area contributed by atoms with Crippen molar-refractivity contribution in [1.29, 1.82) is 0 Å². The smallest absolute Gasteiger partial charge is 0.314 e. The molecule has 0 heterocycles. The topological polar surface area (TPSA) is 21.3 Å². The highest BCUT2D eigenvalue weighted by Crippen LogP contribution is 2.15. The van der Waals surface area contributed by atoms with Crippen LogP contribution < -0.4 is 5.32 Å². The minimum absolute atomic E-state index is 0.255. The summed E-state index contributed by atoms with van der Waals surface area (Å²) in [7, 11) is 0. The highest BCUT2D eigenvalue weighted by molar-refractivity contribution is 4.51. The van der Waals surface area contributed by atoms with Crippen LogP contribution in [0.15, 0.2) is 0 Å². The summed E-state index contributed by atoms with van der Waals surface area (Å²) in [5.41, 5.74) is 0. The summed E-state index contributed by atoms with van der Waals surface area (Å²) in [6.07, 6.45) is 1.36. The Kier molecular flexibility index (Phi) is 9.55. The summed E-state index contributed by atoms with van der Waals surface area (Å²) in [5, 5.41) is 2.93. The first-order valence-corrected chi connectivity index (χ1v) is 6.33. The Morgan fingerprint density at radius 1 is 1.00 bits per heavy atom. The van der Waals surface area contributed by atoms with Crippen LogP contribution in [0.1, 0.15) is 46.0 Å². The molecule has 17 heavy (non-hydrogen) atoms. The van der Waals surface area contributed by atoms with Gasteiger partial charge in [0.15, 0.2) is 0 Å². The number of alkyl halides is 3. The lowest BCUT2D eigenvalue weighted by atomic mass is 10.0. The molecule has 0 amide bonds. The molecule has 0 aromatic heterocycles. The van der Waals surface area contributed by atoms with E-state index in [2.05, 4.69) is 23.9 Å². The van der Waals surface area contributed by atoms with Crippen LogP contribution in [0.2, 0.25) is 0 Å². The second-order valence-electron chi connectivity index (χ2n) is 4.64. The van der Waals surface area contributed by atoms with E-state index in [1.165, 1.54) is 19.3 Å². The lowest BCUT2D eigenvalue weighted by molar-refractivity contribution is -0.323. The van der Waals surface area contributed by atoms with Gasteiger partial charge in [0.1, 0.15) is 0 Å². The van der Waals surface area contributed by atoms with Crippen molar-refractivity contribution in [3.63, 3.8) is 0 Å². The molecule has 2 nitrogen and oxygen atoms in total. The predicted molar refractivity (Wildman–Crippen MR) is 62.8 cm³/mol. The molecule has 0 atom stereocenters. The molecule has 0 spiro atoms. The summed E-state index contributed by atoms with van der Waals surface area (Å²) in [5.74, 6) is 0.757. The molecule has 1 N–H and O–H groups in total. The number of rotatable bonds is 10. The van der Waals surface area contributed by atoms with E-state index in [1.54, 1.807) is 0 Å². The van der Waals surface area contributed by atoms with Crippen LogP contribution in [0.4, 0.5) is 13.2 Å². The fourth-order valence-electron chi connectivity index (χ4n) is 1.52. The van der Waals surface area contributed by atoms with Crippen LogP contribution in [0.3, 0.4) is 0 Å². The number of unbranched alkanes of at least 4 members (excludes halogenated alkanes) is 3. The van der Waals surface area contributed by atoms with Crippen molar-refractivity contribution in [3.05, 3.63) is 0 Å². The second-order valence-corrected chi connectivity index (χ2v) is 4.64. The Bertz CT molecular complexity index is 172. The first-order chi connectivity index (χ1) is 7.92. The third-order valence-corrected chi connectivity index (χ3v) is 2.43. The fraction of sp³-hybridized carbons (Fsp3) is 1.00. The first kappa shape index (κ1) is 16.7. The van der Waals surface area contributed by atoms with E-state index < -0.39 is 6.36 Å². The number of hydrogen-bond acceptors (Lipinski definition) is 2. The summed E-state index contributed by atoms with van der Waals surface area (Å²) in [6, 6.07) is 0. The minimum atomic E-state index is -4.50. The van der Waals surface area contributed by atoms with Crippen LogP contribution in [0.5, 0.6) is 0 Å². The number of hydrogen-bond donors (Lipinski definition) is 1. The van der Waals surface area contributed by atoms with Crippen molar-refractivity contribution >= 4 is 0 Å². The molecule has 0 unspecified atom stereocenters. The van der Waals surface area contributed by atoms with Crippen molar-refractivity contribution in [2.24, 2.45) is 5.92 Å². The SMILES string of the molecule is CC(C)CCCCCCNCCOC(F)(F)F. The molecule has 0 aromatic carbocycles. The van der Waals surface area contributed by atoms with Gasteiger partial charge in [-0.15, -0.1) is 13.2 Å². The molecule has 0 saturated heterocycles. The van der Waals surface area contributed by atoms with E-state index in [0.29, 0.717) is 0 Å². The maximum Gasteiger partial charge on any atom is 0.522 e. The largest absolute Gasteiger partial charge is 0.522 e. The molecule has 5 heteroatoms. The van der Waals surface area contributed by atoms with E-state index in [1.807, 2.05) is 0 Å². The summed E-state index contributed by atoms with van der Waals surface area (Å²) >= 11 is 0. The minimum Gasteiger partial charge on any atom is -0.314 e. The molecule has 0 saturated carbocycles. The standard InChI is InChI=1S/C12H24F3NO/c1-11(2)7-5-3-4-6-8-16-9-10-17-12(13,14)15/h11,16H,3-10H2,1-2H3. The Balaban J connectivity index is 3.04. The van der Waals surface area contributed by atoms with Crippen molar-refractivity contribution in [2.45, 2.75) is 52.3 Å². The van der Waals surface area contributed by atoms with Gasteiger partial charge in [-0.25, -0.2) is 0 Å². The highest BCUT2D eigenvalue weighted by atomic mass is 19.4. The number of ether oxygens (including phenoxy) is 1. The predicted octanol–water partition coefficient (Wildman–Crippen LogP) is 3.72. The molecular weight excluding hydrogens is 231 g/mol. The lowest BCUT2D eigenvalue weighted by Crippen LogP contribution is -2.24. The van der Waals surface area contributed by atoms with Gasteiger partial charge in [-0.05, 0) is 18.9 Å². The van der Waals surface area contributed by atoms with Gasteiger partial charge in [0, 0.05) is 6.54 Å². The van der Waals surface area contributed by atoms with Gasteiger partial charge in [-0.3, -0.25) is 4.74 Å². The summed E-state index contributed by atoms with van der Waals surface area (Å²) < 4.78 is 38.4. The van der Waals surface area contributed by atoms with E-state index in [-0.39, 0.29) is 13.2 Å². The van der Waals surface area contributed by atoms with E-state index in [4.69, 9.17) is 0 Å². The van der Waals surface area contributed by atoms with Crippen molar-refractivity contribution in [2.75, 3.05) is 19.7 Å². The van der Waals surface area contributed by atoms with Crippen LogP contribution in [-0.2, 0) is 4.74 Å². The second kappa shape index (κ2) is 9.71. The molecule has 0 aliphatic carbocycles. The zero-order valence-electron chi connectivity index (χ0n) is 10.8. The number of nitrogens with one attached hydrogen (secondary N) is 1. The monoisotopic (exact) mass is 255 g/mol. The first-order valence-electron chi connectivity index (χ1n) is 6.33.